The number of nitrogens with two attached hydrogens (primary N) is 1. The fraction of sp³-hybridized carbons (Fsp3) is 0.889. The Hall–Kier alpha value is -1.41. The Morgan fingerprint density at radius 3 is 2.34 bits per heavy atom. The largest absolute Gasteiger partial charge is 0.449 e. The number of nitrogens with zero attached hydrogens (tertiary/aromatic N) is 1. The van der Waals surface area contributed by atoms with Gasteiger partial charge >= 0.3 is 6.09 Å². The Balaban J connectivity index is 1.68. The highest BCUT2D eigenvalue weighted by molar-refractivity contribution is 7.80. The van der Waals surface area contributed by atoms with Gasteiger partial charge in [-0.1, -0.05) is 52.8 Å². The number of carbonyl (C=O) groups excluding carboxylic acids is 2. The SMILES string of the molecule is CC(C)COC(=O)N[C@H](C(=S)N1CCC[C@H]1C(=O)NCC1CCC(N)CC1)C(C)(C)C1CCCC1. The van der Waals surface area contributed by atoms with Crippen molar-refractivity contribution >= 4 is 29.2 Å². The van der Waals surface area contributed by atoms with E-state index in [1.807, 2.05) is 13.8 Å². The molecule has 200 valence electrons. The zero-order valence-corrected chi connectivity index (χ0v) is 23.1. The topological polar surface area (TPSA) is 96.7 Å². The third kappa shape index (κ3) is 7.54. The minimum Gasteiger partial charge on any atom is -0.449 e. The molecule has 0 aromatic heterocycles. The smallest absolute Gasteiger partial charge is 0.407 e. The molecule has 1 heterocycles. The Bertz CT molecular complexity index is 730. The highest BCUT2D eigenvalue weighted by atomic mass is 32.1. The van der Waals surface area contributed by atoms with Crippen LogP contribution in [-0.2, 0) is 9.53 Å². The highest BCUT2D eigenvalue weighted by Gasteiger charge is 2.45. The van der Waals surface area contributed by atoms with Crippen molar-refractivity contribution in [2.45, 2.75) is 110 Å². The summed E-state index contributed by atoms with van der Waals surface area (Å²) in [6, 6.07) is -0.318. The summed E-state index contributed by atoms with van der Waals surface area (Å²) in [7, 11) is 0. The third-order valence-corrected chi connectivity index (χ3v) is 8.97. The molecule has 0 bridgehead atoms. The molecule has 3 rings (SSSR count). The van der Waals surface area contributed by atoms with E-state index in [-0.39, 0.29) is 29.3 Å². The van der Waals surface area contributed by atoms with E-state index >= 15 is 0 Å². The molecule has 0 aromatic carbocycles. The van der Waals surface area contributed by atoms with Crippen LogP contribution in [-0.4, -0.2) is 59.7 Å². The number of carbonyl (C=O) groups is 2. The normalized spacial score (nSPS) is 26.6. The number of hydrogen-bond donors (Lipinski definition) is 3. The average Bonchev–Trinajstić information content (AvgIpc) is 3.53. The lowest BCUT2D eigenvalue weighted by molar-refractivity contribution is -0.124. The van der Waals surface area contributed by atoms with Gasteiger partial charge in [0.05, 0.1) is 12.6 Å². The van der Waals surface area contributed by atoms with E-state index in [9.17, 15) is 9.59 Å². The van der Waals surface area contributed by atoms with Gasteiger partial charge in [0.1, 0.15) is 11.0 Å². The summed E-state index contributed by atoms with van der Waals surface area (Å²) in [5.41, 5.74) is 5.81. The first-order valence-electron chi connectivity index (χ1n) is 13.9. The van der Waals surface area contributed by atoms with Gasteiger partial charge in [-0.2, -0.15) is 0 Å². The van der Waals surface area contributed by atoms with Crippen molar-refractivity contribution in [1.82, 2.24) is 15.5 Å². The fourth-order valence-corrected chi connectivity index (χ4v) is 6.68. The predicted molar refractivity (Wildman–Crippen MR) is 144 cm³/mol. The minimum atomic E-state index is -0.423. The first-order valence-corrected chi connectivity index (χ1v) is 14.3. The molecule has 2 amide bonds. The number of rotatable bonds is 9. The van der Waals surface area contributed by atoms with E-state index in [2.05, 4.69) is 29.4 Å². The van der Waals surface area contributed by atoms with E-state index in [1.165, 1.54) is 12.8 Å². The first-order chi connectivity index (χ1) is 16.6. The molecule has 0 spiro atoms. The lowest BCUT2D eigenvalue weighted by atomic mass is 9.71. The number of likely N-dealkylation sites (tertiary alicyclic amines) is 1. The summed E-state index contributed by atoms with van der Waals surface area (Å²) in [5.74, 6) is 1.30. The van der Waals surface area contributed by atoms with Crippen LogP contribution in [0.3, 0.4) is 0 Å². The van der Waals surface area contributed by atoms with Gasteiger partial charge in [0.25, 0.3) is 0 Å². The second kappa shape index (κ2) is 12.7. The maximum absolute atomic E-state index is 13.2. The van der Waals surface area contributed by atoms with Gasteiger partial charge in [-0.3, -0.25) is 4.79 Å². The van der Waals surface area contributed by atoms with E-state index in [1.54, 1.807) is 0 Å². The molecule has 7 nitrogen and oxygen atoms in total. The average molecular weight is 509 g/mol. The summed E-state index contributed by atoms with van der Waals surface area (Å²) in [6.45, 7) is 10.3. The second-order valence-corrected chi connectivity index (χ2v) is 12.5. The van der Waals surface area contributed by atoms with Crippen LogP contribution in [0.5, 0.6) is 0 Å². The van der Waals surface area contributed by atoms with Crippen molar-refractivity contribution in [1.29, 1.82) is 0 Å². The molecule has 1 aliphatic heterocycles. The standard InChI is InChI=1S/C27H48N4O3S/c1-18(2)17-34-26(33)30-23(27(3,4)20-8-5-6-9-20)25(35)31-15-7-10-22(31)24(32)29-16-19-11-13-21(28)14-12-19/h18-23H,5-17,28H2,1-4H3,(H,29,32)(H,30,33)/t19?,21?,22-,23+/m0/s1. The van der Waals surface area contributed by atoms with Gasteiger partial charge in [0.15, 0.2) is 0 Å². The van der Waals surface area contributed by atoms with Gasteiger partial charge in [-0.05, 0) is 74.5 Å². The molecule has 0 aromatic rings. The molecule has 3 fully saturated rings. The Labute approximate surface area is 217 Å². The number of nitrogens with one attached hydrogen (secondary N) is 2. The third-order valence-electron chi connectivity index (χ3n) is 8.50. The van der Waals surface area contributed by atoms with Gasteiger partial charge < -0.3 is 26.0 Å². The molecule has 8 heteroatoms. The first kappa shape index (κ1) is 28.2. The van der Waals surface area contributed by atoms with E-state index in [0.29, 0.717) is 36.0 Å². The maximum atomic E-state index is 13.2. The molecule has 35 heavy (non-hydrogen) atoms. The van der Waals surface area contributed by atoms with Crippen LogP contribution in [0.1, 0.15) is 91.9 Å². The van der Waals surface area contributed by atoms with Crippen molar-refractivity contribution in [2.75, 3.05) is 19.7 Å². The number of alkyl carbamates (subject to hydrolysis) is 1. The van der Waals surface area contributed by atoms with Crippen molar-refractivity contribution in [3.63, 3.8) is 0 Å². The number of hydrogen-bond acceptors (Lipinski definition) is 5. The maximum Gasteiger partial charge on any atom is 0.407 e. The fourth-order valence-electron chi connectivity index (χ4n) is 6.10. The molecule has 3 aliphatic rings. The van der Waals surface area contributed by atoms with Gasteiger partial charge in [0, 0.05) is 19.1 Å². The monoisotopic (exact) mass is 508 g/mol. The number of amides is 2. The van der Waals surface area contributed by atoms with E-state index in [4.69, 9.17) is 22.7 Å². The highest BCUT2D eigenvalue weighted by Crippen LogP contribution is 2.43. The molecule has 4 N–H and O–H groups in total. The Kier molecular flexibility index (Phi) is 10.2. The van der Waals surface area contributed by atoms with Crippen molar-refractivity contribution in [3.05, 3.63) is 0 Å². The van der Waals surface area contributed by atoms with Crippen LogP contribution in [0, 0.1) is 23.2 Å². The molecule has 1 saturated heterocycles. The van der Waals surface area contributed by atoms with Gasteiger partial charge in [-0.15, -0.1) is 0 Å². The molecule has 2 saturated carbocycles. The van der Waals surface area contributed by atoms with Crippen LogP contribution in [0.2, 0.25) is 0 Å². The molecule has 0 unspecified atom stereocenters. The summed E-state index contributed by atoms with van der Waals surface area (Å²) >= 11 is 6.05. The van der Waals surface area contributed by atoms with Crippen molar-refractivity contribution in [3.8, 4) is 0 Å². The summed E-state index contributed by atoms with van der Waals surface area (Å²) < 4.78 is 5.48. The number of ether oxygens (including phenoxy) is 1. The van der Waals surface area contributed by atoms with Crippen molar-refractivity contribution in [2.24, 2.45) is 28.9 Å². The number of thiocarbonyl (C=S) groups is 1. The Morgan fingerprint density at radius 2 is 1.71 bits per heavy atom. The minimum absolute atomic E-state index is 0.0551. The van der Waals surface area contributed by atoms with Crippen molar-refractivity contribution < 1.29 is 14.3 Å². The quantitative estimate of drug-likeness (QED) is 0.400. The van der Waals surface area contributed by atoms with Gasteiger partial charge in [0.2, 0.25) is 5.91 Å². The summed E-state index contributed by atoms with van der Waals surface area (Å²) in [5, 5.41) is 6.33. The lowest BCUT2D eigenvalue weighted by Gasteiger charge is -2.43. The molecule has 2 aliphatic carbocycles. The second-order valence-electron chi connectivity index (χ2n) is 12.1. The molecule has 0 radical (unpaired) electrons. The summed E-state index contributed by atoms with van der Waals surface area (Å²) in [6.07, 6.45) is 10.2. The molecule has 2 atom stereocenters. The van der Waals surface area contributed by atoms with E-state index < -0.39 is 6.09 Å². The lowest BCUT2D eigenvalue weighted by Crippen LogP contribution is -2.59. The molecular formula is C27H48N4O3S. The zero-order valence-electron chi connectivity index (χ0n) is 22.3. The summed E-state index contributed by atoms with van der Waals surface area (Å²) in [4.78, 5) is 28.7. The van der Waals surface area contributed by atoms with Crippen LogP contribution in [0.15, 0.2) is 0 Å². The predicted octanol–water partition coefficient (Wildman–Crippen LogP) is 4.38. The van der Waals surface area contributed by atoms with Crippen LogP contribution in [0.25, 0.3) is 0 Å². The Morgan fingerprint density at radius 1 is 1.06 bits per heavy atom. The van der Waals surface area contributed by atoms with Crippen LogP contribution in [0.4, 0.5) is 4.79 Å². The van der Waals surface area contributed by atoms with Crippen LogP contribution >= 0.6 is 12.2 Å². The van der Waals surface area contributed by atoms with E-state index in [0.717, 1.165) is 57.9 Å². The molecular weight excluding hydrogens is 460 g/mol. The zero-order chi connectivity index (χ0) is 25.6. The van der Waals surface area contributed by atoms with Gasteiger partial charge in [-0.25, -0.2) is 4.79 Å². The van der Waals surface area contributed by atoms with Crippen LogP contribution < -0.4 is 16.4 Å².